The van der Waals surface area contributed by atoms with Crippen molar-refractivity contribution in [2.24, 2.45) is 0 Å². The van der Waals surface area contributed by atoms with Gasteiger partial charge in [-0.15, -0.1) is 0 Å². The molecule has 0 saturated heterocycles. The maximum Gasteiger partial charge on any atom is 0.337 e. The van der Waals surface area contributed by atoms with E-state index in [1.54, 1.807) is 24.3 Å². The predicted octanol–water partition coefficient (Wildman–Crippen LogP) is 3.66. The number of methoxy groups -OCH3 is 1. The van der Waals surface area contributed by atoms with Crippen LogP contribution in [0.1, 0.15) is 22.8 Å². The van der Waals surface area contributed by atoms with Crippen LogP contribution in [-0.4, -0.2) is 19.1 Å². The number of carbonyl (C=O) groups is 1. The summed E-state index contributed by atoms with van der Waals surface area (Å²) in [6.07, 6.45) is 0.791. The van der Waals surface area contributed by atoms with Crippen LogP contribution in [0.25, 0.3) is 0 Å². The van der Waals surface area contributed by atoms with E-state index in [0.717, 1.165) is 17.7 Å². The zero-order valence-corrected chi connectivity index (χ0v) is 12.1. The normalized spacial score (nSPS) is 11.8. The fourth-order valence-electron chi connectivity index (χ4n) is 2.13. The second kappa shape index (κ2) is 6.88. The van der Waals surface area contributed by atoms with Gasteiger partial charge in [0.25, 0.3) is 0 Å². The van der Waals surface area contributed by atoms with E-state index in [9.17, 15) is 9.18 Å². The van der Waals surface area contributed by atoms with Gasteiger partial charge in [0.1, 0.15) is 5.82 Å². The minimum absolute atomic E-state index is 0.194. The molecule has 2 aromatic carbocycles. The van der Waals surface area contributed by atoms with Gasteiger partial charge in [0.15, 0.2) is 0 Å². The molecule has 2 aromatic rings. The van der Waals surface area contributed by atoms with Crippen molar-refractivity contribution < 1.29 is 13.9 Å². The van der Waals surface area contributed by atoms with Crippen LogP contribution in [0.5, 0.6) is 0 Å². The Labute approximate surface area is 123 Å². The van der Waals surface area contributed by atoms with Crippen molar-refractivity contribution in [1.29, 1.82) is 0 Å². The number of benzene rings is 2. The molecule has 110 valence electrons. The molecule has 0 fully saturated rings. The minimum Gasteiger partial charge on any atom is -0.465 e. The molecule has 1 atom stereocenters. The van der Waals surface area contributed by atoms with Crippen LogP contribution >= 0.6 is 0 Å². The van der Waals surface area contributed by atoms with Crippen molar-refractivity contribution in [3.63, 3.8) is 0 Å². The van der Waals surface area contributed by atoms with Crippen LogP contribution in [0.3, 0.4) is 0 Å². The number of nitrogens with one attached hydrogen (secondary N) is 1. The molecule has 0 heterocycles. The number of rotatable bonds is 5. The Bertz CT molecular complexity index is 593. The van der Waals surface area contributed by atoms with Gasteiger partial charge in [0.2, 0.25) is 0 Å². The van der Waals surface area contributed by atoms with Gasteiger partial charge in [-0.1, -0.05) is 12.1 Å². The Morgan fingerprint density at radius 3 is 2.33 bits per heavy atom. The lowest BCUT2D eigenvalue weighted by Gasteiger charge is -2.15. The molecular formula is C17H18FNO2. The first-order valence-electron chi connectivity index (χ1n) is 6.78. The maximum absolute atomic E-state index is 12.8. The van der Waals surface area contributed by atoms with Crippen molar-refractivity contribution in [1.82, 2.24) is 0 Å². The molecule has 1 unspecified atom stereocenters. The first-order valence-corrected chi connectivity index (χ1v) is 6.78. The molecule has 4 heteroatoms. The number of hydrogen-bond acceptors (Lipinski definition) is 3. The Morgan fingerprint density at radius 1 is 1.14 bits per heavy atom. The summed E-state index contributed by atoms with van der Waals surface area (Å²) in [6.45, 7) is 2.05. The van der Waals surface area contributed by atoms with E-state index in [1.807, 2.05) is 12.1 Å². The van der Waals surface area contributed by atoms with E-state index < -0.39 is 0 Å². The van der Waals surface area contributed by atoms with Gasteiger partial charge >= 0.3 is 5.97 Å². The Morgan fingerprint density at radius 2 is 1.76 bits per heavy atom. The SMILES string of the molecule is COC(=O)c1ccc(NC(C)Cc2ccc(F)cc2)cc1. The zero-order chi connectivity index (χ0) is 15.2. The monoisotopic (exact) mass is 287 g/mol. The van der Waals surface area contributed by atoms with Crippen LogP contribution in [0.15, 0.2) is 48.5 Å². The van der Waals surface area contributed by atoms with Crippen molar-refractivity contribution >= 4 is 11.7 Å². The zero-order valence-electron chi connectivity index (χ0n) is 12.1. The summed E-state index contributed by atoms with van der Waals surface area (Å²) >= 11 is 0. The number of carbonyl (C=O) groups excluding carboxylic acids is 1. The Balaban J connectivity index is 1.94. The molecular weight excluding hydrogens is 269 g/mol. The fourth-order valence-corrected chi connectivity index (χ4v) is 2.13. The average molecular weight is 287 g/mol. The molecule has 2 rings (SSSR count). The molecule has 0 aliphatic heterocycles. The smallest absolute Gasteiger partial charge is 0.337 e. The largest absolute Gasteiger partial charge is 0.465 e. The highest BCUT2D eigenvalue weighted by molar-refractivity contribution is 5.89. The third-order valence-electron chi connectivity index (χ3n) is 3.17. The maximum atomic E-state index is 12.8. The lowest BCUT2D eigenvalue weighted by atomic mass is 10.1. The van der Waals surface area contributed by atoms with Crippen LogP contribution in [-0.2, 0) is 11.2 Å². The van der Waals surface area contributed by atoms with E-state index in [4.69, 9.17) is 0 Å². The van der Waals surface area contributed by atoms with Gasteiger partial charge in [0, 0.05) is 11.7 Å². The minimum atomic E-state index is -0.346. The molecule has 0 aliphatic carbocycles. The molecule has 0 radical (unpaired) electrons. The van der Waals surface area contributed by atoms with Crippen molar-refractivity contribution in [3.05, 3.63) is 65.5 Å². The van der Waals surface area contributed by atoms with Gasteiger partial charge in [-0.05, 0) is 55.3 Å². The number of anilines is 1. The van der Waals surface area contributed by atoms with E-state index in [-0.39, 0.29) is 17.8 Å². The summed E-state index contributed by atoms with van der Waals surface area (Å²) < 4.78 is 17.5. The highest BCUT2D eigenvalue weighted by Gasteiger charge is 2.07. The third-order valence-corrected chi connectivity index (χ3v) is 3.17. The summed E-state index contributed by atoms with van der Waals surface area (Å²) in [6, 6.07) is 13.8. The van der Waals surface area contributed by atoms with E-state index >= 15 is 0 Å². The molecule has 0 spiro atoms. The molecule has 0 saturated carbocycles. The first-order chi connectivity index (χ1) is 10.1. The number of hydrogen-bond donors (Lipinski definition) is 1. The average Bonchev–Trinajstić information content (AvgIpc) is 2.49. The molecule has 1 N–H and O–H groups in total. The van der Waals surface area contributed by atoms with Crippen LogP contribution < -0.4 is 5.32 Å². The second-order valence-electron chi connectivity index (χ2n) is 4.94. The molecule has 0 aromatic heterocycles. The molecule has 0 amide bonds. The molecule has 21 heavy (non-hydrogen) atoms. The van der Waals surface area contributed by atoms with E-state index in [0.29, 0.717) is 5.56 Å². The highest BCUT2D eigenvalue weighted by atomic mass is 19.1. The Hall–Kier alpha value is -2.36. The second-order valence-corrected chi connectivity index (χ2v) is 4.94. The van der Waals surface area contributed by atoms with Crippen molar-refractivity contribution in [3.8, 4) is 0 Å². The number of halogens is 1. The number of esters is 1. The summed E-state index contributed by atoms with van der Waals surface area (Å²) in [7, 11) is 1.36. The van der Waals surface area contributed by atoms with Gasteiger partial charge < -0.3 is 10.1 Å². The van der Waals surface area contributed by atoms with Gasteiger partial charge in [-0.25, -0.2) is 9.18 Å². The first kappa shape index (κ1) is 15.0. The third kappa shape index (κ3) is 4.31. The van der Waals surface area contributed by atoms with Crippen molar-refractivity contribution in [2.75, 3.05) is 12.4 Å². The summed E-state index contributed by atoms with van der Waals surface area (Å²) in [4.78, 5) is 11.3. The standard InChI is InChI=1S/C17H18FNO2/c1-12(11-13-3-7-15(18)8-4-13)19-16-9-5-14(6-10-16)17(20)21-2/h3-10,12,19H,11H2,1-2H3. The fraction of sp³-hybridized carbons (Fsp3) is 0.235. The molecule has 0 bridgehead atoms. The summed E-state index contributed by atoms with van der Waals surface area (Å²) in [5, 5.41) is 3.34. The van der Waals surface area contributed by atoms with Gasteiger partial charge in [-0.2, -0.15) is 0 Å². The lowest BCUT2D eigenvalue weighted by Crippen LogP contribution is -2.18. The lowest BCUT2D eigenvalue weighted by molar-refractivity contribution is 0.0601. The van der Waals surface area contributed by atoms with Crippen LogP contribution in [0, 0.1) is 5.82 Å². The predicted molar refractivity (Wildman–Crippen MR) is 81.0 cm³/mol. The van der Waals surface area contributed by atoms with Crippen LogP contribution in [0.2, 0.25) is 0 Å². The molecule has 0 aliphatic rings. The quantitative estimate of drug-likeness (QED) is 0.853. The van der Waals surface area contributed by atoms with Crippen molar-refractivity contribution in [2.45, 2.75) is 19.4 Å². The number of ether oxygens (including phenoxy) is 1. The van der Waals surface area contributed by atoms with Gasteiger partial charge in [0.05, 0.1) is 12.7 Å². The van der Waals surface area contributed by atoms with Gasteiger partial charge in [-0.3, -0.25) is 0 Å². The molecule has 3 nitrogen and oxygen atoms in total. The summed E-state index contributed by atoms with van der Waals surface area (Å²) in [5.41, 5.74) is 2.52. The highest BCUT2D eigenvalue weighted by Crippen LogP contribution is 2.14. The summed E-state index contributed by atoms with van der Waals surface area (Å²) in [5.74, 6) is -0.571. The van der Waals surface area contributed by atoms with E-state index in [2.05, 4.69) is 17.0 Å². The van der Waals surface area contributed by atoms with Crippen LogP contribution in [0.4, 0.5) is 10.1 Å². The van der Waals surface area contributed by atoms with E-state index in [1.165, 1.54) is 19.2 Å². The topological polar surface area (TPSA) is 38.3 Å². The Kier molecular flexibility index (Phi) is 4.93.